The van der Waals surface area contributed by atoms with Crippen molar-refractivity contribution in [1.29, 1.82) is 0 Å². The van der Waals surface area contributed by atoms with Crippen molar-refractivity contribution in [2.24, 2.45) is 23.2 Å². The van der Waals surface area contributed by atoms with E-state index in [0.29, 0.717) is 25.0 Å². The van der Waals surface area contributed by atoms with Gasteiger partial charge in [-0.3, -0.25) is 9.59 Å². The number of carbonyl (C=O) groups is 3. The molecule has 3 rings (SSSR count). The van der Waals surface area contributed by atoms with Crippen LogP contribution in [0.15, 0.2) is 0 Å². The van der Waals surface area contributed by atoms with E-state index in [9.17, 15) is 14.4 Å². The summed E-state index contributed by atoms with van der Waals surface area (Å²) < 4.78 is 17.2. The molecule has 0 N–H and O–H groups in total. The van der Waals surface area contributed by atoms with Gasteiger partial charge < -0.3 is 14.2 Å². The van der Waals surface area contributed by atoms with Gasteiger partial charge in [-0.1, -0.05) is 20.8 Å². The fourth-order valence-electron chi connectivity index (χ4n) is 5.54. The molecule has 0 bridgehead atoms. The largest absolute Gasteiger partial charge is 0.456 e. The maximum atomic E-state index is 12.8. The van der Waals surface area contributed by atoms with Crippen molar-refractivity contribution in [3.63, 3.8) is 0 Å². The highest BCUT2D eigenvalue weighted by molar-refractivity contribution is 5.84. The number of epoxide rings is 1. The van der Waals surface area contributed by atoms with Crippen LogP contribution in [-0.2, 0) is 28.6 Å². The fourth-order valence-corrected chi connectivity index (χ4v) is 5.54. The third-order valence-electron chi connectivity index (χ3n) is 7.59. The lowest BCUT2D eigenvalue weighted by atomic mass is 9.51. The van der Waals surface area contributed by atoms with Crippen molar-refractivity contribution < 1.29 is 28.6 Å². The van der Waals surface area contributed by atoms with Gasteiger partial charge in [-0.05, 0) is 51.4 Å². The molecule has 0 unspecified atom stereocenters. The number of hydrogen-bond donors (Lipinski definition) is 0. The second kappa shape index (κ2) is 6.82. The van der Waals surface area contributed by atoms with Crippen molar-refractivity contribution in [2.45, 2.75) is 97.6 Å². The maximum absolute atomic E-state index is 12.8. The number of ketones is 1. The first-order valence-corrected chi connectivity index (χ1v) is 10.4. The van der Waals surface area contributed by atoms with E-state index in [2.05, 4.69) is 20.8 Å². The third-order valence-corrected chi connectivity index (χ3v) is 7.59. The molecule has 0 aromatic rings. The molecule has 0 radical (unpaired) electrons. The molecule has 1 heterocycles. The van der Waals surface area contributed by atoms with E-state index in [0.717, 1.165) is 6.42 Å². The van der Waals surface area contributed by atoms with E-state index in [-0.39, 0.29) is 29.3 Å². The quantitative estimate of drug-likeness (QED) is 0.536. The Morgan fingerprint density at radius 3 is 2.32 bits per heavy atom. The lowest BCUT2D eigenvalue weighted by molar-refractivity contribution is -0.225. The van der Waals surface area contributed by atoms with E-state index >= 15 is 0 Å². The van der Waals surface area contributed by atoms with Gasteiger partial charge in [-0.25, -0.2) is 4.79 Å². The summed E-state index contributed by atoms with van der Waals surface area (Å²) in [6, 6.07) is 0. The Morgan fingerprint density at radius 1 is 1.21 bits per heavy atom. The summed E-state index contributed by atoms with van der Waals surface area (Å²) in [5.74, 6) is -0.395. The van der Waals surface area contributed by atoms with Crippen LogP contribution in [-0.4, -0.2) is 41.1 Å². The Morgan fingerprint density at radius 2 is 1.82 bits per heavy atom. The monoisotopic (exact) mass is 394 g/mol. The molecule has 1 saturated heterocycles. The minimum absolute atomic E-state index is 0.0501. The van der Waals surface area contributed by atoms with Crippen LogP contribution < -0.4 is 0 Å². The predicted octanol–water partition coefficient (Wildman–Crippen LogP) is 3.45. The van der Waals surface area contributed by atoms with Crippen LogP contribution in [0.5, 0.6) is 0 Å². The van der Waals surface area contributed by atoms with Gasteiger partial charge in [0.15, 0.2) is 5.60 Å². The number of carbonyl (C=O) groups excluding carboxylic acids is 3. The van der Waals surface area contributed by atoms with E-state index in [1.165, 1.54) is 6.92 Å². The lowest BCUT2D eigenvalue weighted by Gasteiger charge is -2.57. The predicted molar refractivity (Wildman–Crippen MR) is 102 cm³/mol. The molecule has 0 aromatic heterocycles. The first kappa shape index (κ1) is 21.3. The number of ether oxygens (including phenoxy) is 3. The van der Waals surface area contributed by atoms with Crippen molar-refractivity contribution in [3.05, 3.63) is 0 Å². The normalized spacial score (nSPS) is 45.4. The molecule has 2 aliphatic carbocycles. The molecule has 6 nitrogen and oxygen atoms in total. The molecule has 0 aromatic carbocycles. The first-order valence-electron chi connectivity index (χ1n) is 10.4. The fraction of sp³-hybridized carbons (Fsp3) is 0.864. The van der Waals surface area contributed by atoms with Crippen LogP contribution in [0.3, 0.4) is 0 Å². The number of hydrogen-bond acceptors (Lipinski definition) is 6. The van der Waals surface area contributed by atoms with Crippen molar-refractivity contribution in [3.8, 4) is 0 Å². The van der Waals surface area contributed by atoms with Crippen LogP contribution in [0.25, 0.3) is 0 Å². The van der Waals surface area contributed by atoms with Gasteiger partial charge in [0.1, 0.15) is 17.5 Å². The third kappa shape index (κ3) is 3.38. The summed E-state index contributed by atoms with van der Waals surface area (Å²) in [6.07, 6.45) is 1.73. The van der Waals surface area contributed by atoms with Gasteiger partial charge in [0, 0.05) is 25.2 Å². The average Bonchev–Trinajstić information content (AvgIpc) is 3.17. The molecule has 1 aliphatic heterocycles. The van der Waals surface area contributed by atoms with Crippen LogP contribution in [0.4, 0.5) is 0 Å². The summed E-state index contributed by atoms with van der Waals surface area (Å²) in [7, 11) is 0. The molecular weight excluding hydrogens is 360 g/mol. The van der Waals surface area contributed by atoms with Crippen molar-refractivity contribution in [1.82, 2.24) is 0 Å². The highest BCUT2D eigenvalue weighted by Crippen LogP contribution is 2.57. The van der Waals surface area contributed by atoms with Gasteiger partial charge >= 0.3 is 11.9 Å². The minimum Gasteiger partial charge on any atom is -0.456 e. The Bertz CT molecular complexity index is 687. The molecule has 3 fully saturated rings. The van der Waals surface area contributed by atoms with E-state index in [1.54, 1.807) is 6.92 Å². The highest BCUT2D eigenvalue weighted by atomic mass is 16.7. The molecule has 158 valence electrons. The minimum atomic E-state index is -0.961. The molecule has 7 atom stereocenters. The Labute approximate surface area is 167 Å². The molecule has 3 aliphatic rings. The SMILES string of the molecule is CC(=O)O[C@]1(C)[C@H](OC(=O)[C@@]2(C)O[C@H]2C)CC[C@]2(C)CC(=O)[C@@H](C(C)C)C[C@@H]21. The van der Waals surface area contributed by atoms with Crippen LogP contribution in [0, 0.1) is 23.2 Å². The van der Waals surface area contributed by atoms with E-state index in [1.807, 2.05) is 13.8 Å². The van der Waals surface area contributed by atoms with E-state index < -0.39 is 29.2 Å². The lowest BCUT2D eigenvalue weighted by Crippen LogP contribution is -2.63. The standard InChI is InChI=1S/C22H34O6/c1-12(2)15-10-17-20(5,11-16(15)24)9-8-18(22(17,7)28-14(4)23)26-19(25)21(6)13(3)27-21/h12-13,15,17-18H,8-11H2,1-7H3/t13-,15+,17-,18+,20+,21-,22-/m0/s1. The van der Waals surface area contributed by atoms with E-state index in [4.69, 9.17) is 14.2 Å². The number of Topliss-reactive ketones (excluding diaryl/α,β-unsaturated/α-hetero) is 1. The number of fused-ring (bicyclic) bond motifs is 1. The summed E-state index contributed by atoms with van der Waals surface area (Å²) >= 11 is 0. The zero-order valence-electron chi connectivity index (χ0n) is 18.2. The zero-order valence-corrected chi connectivity index (χ0v) is 18.2. The highest BCUT2D eigenvalue weighted by Gasteiger charge is 2.63. The maximum Gasteiger partial charge on any atom is 0.341 e. The van der Waals surface area contributed by atoms with Gasteiger partial charge in [0.25, 0.3) is 0 Å². The molecule has 2 saturated carbocycles. The number of esters is 2. The van der Waals surface area contributed by atoms with Crippen LogP contribution in [0.1, 0.15) is 74.1 Å². The van der Waals surface area contributed by atoms with Crippen LogP contribution >= 0.6 is 0 Å². The molecule has 0 amide bonds. The van der Waals surface area contributed by atoms with Crippen molar-refractivity contribution >= 4 is 17.7 Å². The average molecular weight is 395 g/mol. The van der Waals surface area contributed by atoms with Crippen molar-refractivity contribution in [2.75, 3.05) is 0 Å². The molecule has 0 spiro atoms. The summed E-state index contributed by atoms with van der Waals surface area (Å²) in [5, 5.41) is 0. The molecular formula is C22H34O6. The Hall–Kier alpha value is -1.43. The molecule has 6 heteroatoms. The topological polar surface area (TPSA) is 82.2 Å². The Kier molecular flexibility index (Phi) is 5.19. The smallest absolute Gasteiger partial charge is 0.341 e. The van der Waals surface area contributed by atoms with Gasteiger partial charge in [0.05, 0.1) is 6.10 Å². The summed E-state index contributed by atoms with van der Waals surface area (Å²) in [6.45, 7) is 13.1. The second-order valence-electron chi connectivity index (χ2n) is 10.0. The number of rotatable bonds is 4. The van der Waals surface area contributed by atoms with Gasteiger partial charge in [-0.2, -0.15) is 0 Å². The Balaban J connectivity index is 1.92. The zero-order chi connectivity index (χ0) is 21.1. The van der Waals surface area contributed by atoms with Gasteiger partial charge in [-0.15, -0.1) is 0 Å². The summed E-state index contributed by atoms with van der Waals surface area (Å²) in [5.41, 5.74) is -2.14. The molecule has 28 heavy (non-hydrogen) atoms. The summed E-state index contributed by atoms with van der Waals surface area (Å²) in [4.78, 5) is 37.5. The first-order chi connectivity index (χ1) is 12.8. The van der Waals surface area contributed by atoms with Gasteiger partial charge in [0.2, 0.25) is 0 Å². The van der Waals surface area contributed by atoms with Crippen LogP contribution in [0.2, 0.25) is 0 Å². The second-order valence-corrected chi connectivity index (χ2v) is 10.0.